The Morgan fingerprint density at radius 1 is 1.17 bits per heavy atom. The lowest BCUT2D eigenvalue weighted by molar-refractivity contribution is -0.524. The van der Waals surface area contributed by atoms with Gasteiger partial charge in [-0.25, -0.2) is 4.79 Å². The van der Waals surface area contributed by atoms with E-state index in [4.69, 9.17) is 9.47 Å². The van der Waals surface area contributed by atoms with Gasteiger partial charge in [-0.15, -0.1) is 0 Å². The Kier molecular flexibility index (Phi) is 8.72. The summed E-state index contributed by atoms with van der Waals surface area (Å²) in [7, 11) is 0. The predicted molar refractivity (Wildman–Crippen MR) is 87.4 cm³/mol. The molecule has 0 spiro atoms. The number of ether oxygens (including phenoxy) is 2. The van der Waals surface area contributed by atoms with Crippen molar-refractivity contribution in [2.24, 2.45) is 0 Å². The summed E-state index contributed by atoms with van der Waals surface area (Å²) in [5, 5.41) is 11.0. The number of rotatable bonds is 11. The maximum atomic E-state index is 11.5. The maximum absolute atomic E-state index is 11.5. The van der Waals surface area contributed by atoms with Crippen LogP contribution in [0.1, 0.15) is 56.3 Å². The van der Waals surface area contributed by atoms with Crippen molar-refractivity contribution in [1.82, 2.24) is 0 Å². The third-order valence-electron chi connectivity index (χ3n) is 3.52. The Hall–Kier alpha value is -2.11. The van der Waals surface area contributed by atoms with Crippen LogP contribution in [-0.4, -0.2) is 30.1 Å². The van der Waals surface area contributed by atoms with Gasteiger partial charge in [0.1, 0.15) is 5.75 Å². The number of carbonyl (C=O) groups excluding carboxylic acids is 1. The van der Waals surface area contributed by atoms with Gasteiger partial charge in [0, 0.05) is 17.8 Å². The van der Waals surface area contributed by atoms with Crippen molar-refractivity contribution in [3.63, 3.8) is 0 Å². The van der Waals surface area contributed by atoms with E-state index in [0.29, 0.717) is 30.8 Å². The number of carbonyl (C=O) groups is 1. The molecule has 1 atom stereocenters. The van der Waals surface area contributed by atoms with E-state index in [-0.39, 0.29) is 17.5 Å². The van der Waals surface area contributed by atoms with E-state index >= 15 is 0 Å². The van der Waals surface area contributed by atoms with Gasteiger partial charge in [-0.05, 0) is 37.6 Å². The van der Waals surface area contributed by atoms with Crippen molar-refractivity contribution < 1.29 is 19.2 Å². The van der Waals surface area contributed by atoms with Gasteiger partial charge in [-0.2, -0.15) is 0 Å². The molecule has 0 bridgehead atoms. The molecule has 1 aromatic carbocycles. The monoisotopic (exact) mass is 323 g/mol. The van der Waals surface area contributed by atoms with Crippen LogP contribution in [0.2, 0.25) is 0 Å². The van der Waals surface area contributed by atoms with Crippen molar-refractivity contribution in [2.45, 2.75) is 52.0 Å². The summed E-state index contributed by atoms with van der Waals surface area (Å²) in [6, 6.07) is 6.04. The van der Waals surface area contributed by atoms with E-state index in [2.05, 4.69) is 6.92 Å². The summed E-state index contributed by atoms with van der Waals surface area (Å²) in [5.74, 6) is 0.220. The summed E-state index contributed by atoms with van der Waals surface area (Å²) in [4.78, 5) is 22.3. The summed E-state index contributed by atoms with van der Waals surface area (Å²) in [5.41, 5.74) is 0.460. The number of hydrogen-bond acceptors (Lipinski definition) is 5. The second-order valence-corrected chi connectivity index (χ2v) is 5.32. The molecule has 0 saturated carbocycles. The minimum atomic E-state index is -0.555. The highest BCUT2D eigenvalue weighted by atomic mass is 16.6. The van der Waals surface area contributed by atoms with Crippen LogP contribution in [0.3, 0.4) is 0 Å². The first-order chi connectivity index (χ1) is 11.1. The zero-order chi connectivity index (χ0) is 17.1. The number of nitro groups is 1. The van der Waals surface area contributed by atoms with Gasteiger partial charge in [-0.1, -0.05) is 19.8 Å². The molecule has 1 rings (SSSR count). The van der Waals surface area contributed by atoms with Gasteiger partial charge < -0.3 is 9.47 Å². The van der Waals surface area contributed by atoms with Crippen molar-refractivity contribution >= 4 is 5.97 Å². The van der Waals surface area contributed by atoms with Crippen LogP contribution in [-0.2, 0) is 4.74 Å². The highest BCUT2D eigenvalue weighted by Gasteiger charge is 2.19. The van der Waals surface area contributed by atoms with Gasteiger partial charge in [0.25, 0.3) is 0 Å². The van der Waals surface area contributed by atoms with Gasteiger partial charge in [0.15, 0.2) is 0 Å². The van der Waals surface area contributed by atoms with E-state index in [0.717, 1.165) is 19.3 Å². The van der Waals surface area contributed by atoms with E-state index in [9.17, 15) is 14.9 Å². The molecule has 0 amide bonds. The zero-order valence-electron chi connectivity index (χ0n) is 13.8. The highest BCUT2D eigenvalue weighted by Crippen LogP contribution is 2.15. The first-order valence-corrected chi connectivity index (χ1v) is 8.12. The molecule has 0 radical (unpaired) electrons. The van der Waals surface area contributed by atoms with Crippen molar-refractivity contribution in [3.05, 3.63) is 39.9 Å². The van der Waals surface area contributed by atoms with Crippen LogP contribution in [0.4, 0.5) is 0 Å². The number of esters is 1. The van der Waals surface area contributed by atoms with Crippen LogP contribution in [0, 0.1) is 10.1 Å². The molecule has 0 fully saturated rings. The van der Waals surface area contributed by atoms with E-state index < -0.39 is 6.04 Å². The third kappa shape index (κ3) is 7.13. The Morgan fingerprint density at radius 3 is 2.43 bits per heavy atom. The van der Waals surface area contributed by atoms with Gasteiger partial charge >= 0.3 is 5.97 Å². The van der Waals surface area contributed by atoms with Crippen LogP contribution in [0.15, 0.2) is 24.3 Å². The molecular weight excluding hydrogens is 298 g/mol. The lowest BCUT2D eigenvalue weighted by atomic mass is 10.1. The highest BCUT2D eigenvalue weighted by molar-refractivity contribution is 5.89. The summed E-state index contributed by atoms with van der Waals surface area (Å²) in [6.45, 7) is 4.44. The van der Waals surface area contributed by atoms with Crippen LogP contribution >= 0.6 is 0 Å². The fourth-order valence-electron chi connectivity index (χ4n) is 2.20. The van der Waals surface area contributed by atoms with E-state index in [1.165, 1.54) is 0 Å². The topological polar surface area (TPSA) is 78.7 Å². The average molecular weight is 323 g/mol. The summed E-state index contributed by atoms with van der Waals surface area (Å²) < 4.78 is 10.4. The molecule has 0 aliphatic carbocycles. The van der Waals surface area contributed by atoms with Crippen molar-refractivity contribution in [1.29, 1.82) is 0 Å². The molecular formula is C17H25NO5. The van der Waals surface area contributed by atoms with Gasteiger partial charge in [0.05, 0.1) is 18.8 Å². The summed E-state index contributed by atoms with van der Waals surface area (Å²) >= 11 is 0. The maximum Gasteiger partial charge on any atom is 0.338 e. The second-order valence-electron chi connectivity index (χ2n) is 5.32. The molecule has 0 saturated heterocycles. The van der Waals surface area contributed by atoms with Crippen molar-refractivity contribution in [3.8, 4) is 5.75 Å². The SMILES string of the molecule is CCCCCC(CCOc1ccc(C(=O)OCC)cc1)[N+](=O)[O-]. The second kappa shape index (κ2) is 10.6. The lowest BCUT2D eigenvalue weighted by Gasteiger charge is -2.11. The molecule has 0 heterocycles. The minimum absolute atomic E-state index is 0.219. The standard InChI is InChI=1S/C17H25NO5/c1-3-5-6-7-15(18(20)21)12-13-23-16-10-8-14(9-11-16)17(19)22-4-2/h8-11,15H,3-7,12-13H2,1-2H3. The van der Waals surface area contributed by atoms with Gasteiger partial charge in [0.2, 0.25) is 6.04 Å². The van der Waals surface area contributed by atoms with E-state index in [1.807, 2.05) is 0 Å². The van der Waals surface area contributed by atoms with Gasteiger partial charge in [-0.3, -0.25) is 10.1 Å². The molecule has 6 nitrogen and oxygen atoms in total. The first-order valence-electron chi connectivity index (χ1n) is 8.12. The lowest BCUT2D eigenvalue weighted by Crippen LogP contribution is -2.22. The van der Waals surface area contributed by atoms with Crippen LogP contribution in [0.25, 0.3) is 0 Å². The molecule has 23 heavy (non-hydrogen) atoms. The molecule has 128 valence electrons. The Morgan fingerprint density at radius 2 is 1.87 bits per heavy atom. The normalized spacial score (nSPS) is 11.7. The largest absolute Gasteiger partial charge is 0.493 e. The average Bonchev–Trinajstić information content (AvgIpc) is 2.54. The van der Waals surface area contributed by atoms with Crippen LogP contribution < -0.4 is 4.74 Å². The molecule has 0 aliphatic heterocycles. The number of unbranched alkanes of at least 4 members (excludes halogenated alkanes) is 2. The number of nitrogens with zero attached hydrogens (tertiary/aromatic N) is 1. The number of benzene rings is 1. The Balaban J connectivity index is 2.41. The summed E-state index contributed by atoms with van der Waals surface area (Å²) in [6.07, 6.45) is 3.91. The number of hydrogen-bond donors (Lipinski definition) is 0. The molecule has 1 aromatic rings. The molecule has 0 aromatic heterocycles. The first kappa shape index (κ1) is 18.9. The quantitative estimate of drug-likeness (QED) is 0.267. The van der Waals surface area contributed by atoms with Crippen molar-refractivity contribution in [2.75, 3.05) is 13.2 Å². The fourth-order valence-corrected chi connectivity index (χ4v) is 2.20. The Labute approximate surface area is 136 Å². The van der Waals surface area contributed by atoms with Crippen LogP contribution in [0.5, 0.6) is 5.75 Å². The third-order valence-corrected chi connectivity index (χ3v) is 3.52. The van der Waals surface area contributed by atoms with E-state index in [1.54, 1.807) is 31.2 Å². The molecule has 1 unspecified atom stereocenters. The molecule has 0 N–H and O–H groups in total. The Bertz CT molecular complexity index is 486. The predicted octanol–water partition coefficient (Wildman–Crippen LogP) is 3.86. The zero-order valence-corrected chi connectivity index (χ0v) is 13.8. The molecule has 6 heteroatoms. The minimum Gasteiger partial charge on any atom is -0.493 e. The smallest absolute Gasteiger partial charge is 0.338 e. The fraction of sp³-hybridized carbons (Fsp3) is 0.588. The molecule has 0 aliphatic rings.